The van der Waals surface area contributed by atoms with E-state index in [1.807, 2.05) is 6.92 Å². The summed E-state index contributed by atoms with van der Waals surface area (Å²) in [6.45, 7) is 4.54. The minimum Gasteiger partial charge on any atom is -0.365 e. The van der Waals surface area contributed by atoms with Gasteiger partial charge >= 0.3 is 6.03 Å². The Bertz CT molecular complexity index is 790. The second kappa shape index (κ2) is 6.20. The van der Waals surface area contributed by atoms with Crippen LogP contribution in [0.5, 0.6) is 0 Å². The number of benzene rings is 1. The number of nitrogens with two attached hydrogens (primary N) is 1. The third-order valence-electron chi connectivity index (χ3n) is 3.90. The number of hydrogen-bond acceptors (Lipinski definition) is 4. The maximum absolute atomic E-state index is 13.0. The van der Waals surface area contributed by atoms with E-state index in [1.54, 1.807) is 28.9 Å². The number of nitrogens with zero attached hydrogens (tertiary/aromatic N) is 3. The summed E-state index contributed by atoms with van der Waals surface area (Å²) >= 11 is 1.13. The lowest BCUT2D eigenvalue weighted by Gasteiger charge is -2.17. The lowest BCUT2D eigenvalue weighted by Crippen LogP contribution is -2.33. The van der Waals surface area contributed by atoms with Crippen molar-refractivity contribution < 1.29 is 14.0 Å². The quantitative estimate of drug-likeness (QED) is 0.922. The van der Waals surface area contributed by atoms with Crippen molar-refractivity contribution in [1.29, 1.82) is 0 Å². The average Bonchev–Trinajstić information content (AvgIpc) is 3.02. The minimum absolute atomic E-state index is 0.0794. The molecule has 126 valence electrons. The normalized spacial score (nSPS) is 17.6. The van der Waals surface area contributed by atoms with Gasteiger partial charge in [0.1, 0.15) is 10.7 Å². The van der Waals surface area contributed by atoms with E-state index in [2.05, 4.69) is 4.98 Å². The predicted octanol–water partition coefficient (Wildman–Crippen LogP) is 2.52. The second-order valence-electron chi connectivity index (χ2n) is 5.78. The van der Waals surface area contributed by atoms with Crippen molar-refractivity contribution in [3.05, 3.63) is 46.2 Å². The summed E-state index contributed by atoms with van der Waals surface area (Å²) < 4.78 is 13.0. The van der Waals surface area contributed by atoms with E-state index < -0.39 is 5.91 Å². The zero-order valence-electron chi connectivity index (χ0n) is 13.3. The number of hydrogen-bond donors (Lipinski definition) is 1. The van der Waals surface area contributed by atoms with Gasteiger partial charge in [-0.25, -0.2) is 14.2 Å². The number of anilines is 1. The third kappa shape index (κ3) is 2.96. The first kappa shape index (κ1) is 16.4. The van der Waals surface area contributed by atoms with E-state index in [1.165, 1.54) is 12.1 Å². The van der Waals surface area contributed by atoms with Crippen molar-refractivity contribution in [3.8, 4) is 0 Å². The van der Waals surface area contributed by atoms with Crippen LogP contribution < -0.4 is 10.6 Å². The van der Waals surface area contributed by atoms with Crippen LogP contribution in [-0.4, -0.2) is 34.4 Å². The molecule has 1 aliphatic rings. The number of rotatable bonds is 4. The number of aromatic nitrogens is 1. The van der Waals surface area contributed by atoms with Crippen LogP contribution in [0.3, 0.4) is 0 Å². The molecular weight excluding hydrogens is 331 g/mol. The van der Waals surface area contributed by atoms with E-state index in [4.69, 9.17) is 5.73 Å². The van der Waals surface area contributed by atoms with Gasteiger partial charge in [-0.2, -0.15) is 0 Å². The molecule has 1 saturated heterocycles. The van der Waals surface area contributed by atoms with Gasteiger partial charge in [0, 0.05) is 13.1 Å². The minimum atomic E-state index is -0.543. The van der Waals surface area contributed by atoms with Crippen LogP contribution in [-0.2, 0) is 6.54 Å². The van der Waals surface area contributed by atoms with Crippen LogP contribution in [0.25, 0.3) is 0 Å². The van der Waals surface area contributed by atoms with E-state index in [9.17, 15) is 14.0 Å². The summed E-state index contributed by atoms with van der Waals surface area (Å²) in [7, 11) is 0. The average molecular weight is 348 g/mol. The number of carbonyl (C=O) groups excluding carboxylic acids is 2. The first-order valence-electron chi connectivity index (χ1n) is 7.46. The van der Waals surface area contributed by atoms with Gasteiger partial charge in [0.05, 0.1) is 11.7 Å². The summed E-state index contributed by atoms with van der Waals surface area (Å²) in [4.78, 5) is 32.0. The Morgan fingerprint density at radius 3 is 2.67 bits per heavy atom. The molecular formula is C16H17FN4O2S. The Labute approximate surface area is 142 Å². The Morgan fingerprint density at radius 1 is 1.42 bits per heavy atom. The number of urea groups is 1. The summed E-state index contributed by atoms with van der Waals surface area (Å²) in [6.07, 6.45) is 0. The first-order chi connectivity index (χ1) is 11.4. The molecule has 1 aliphatic heterocycles. The number of halogens is 1. The van der Waals surface area contributed by atoms with Gasteiger partial charge in [0.2, 0.25) is 0 Å². The lowest BCUT2D eigenvalue weighted by atomic mass is 10.2. The SMILES string of the molecule is Cc1nc(N2C(=O)N(Cc3ccc(F)cc3)CC2C)sc1C(N)=O. The zero-order chi connectivity index (χ0) is 17.4. The smallest absolute Gasteiger partial charge is 0.326 e. The molecule has 8 heteroatoms. The fourth-order valence-corrected chi connectivity index (χ4v) is 3.76. The Morgan fingerprint density at radius 2 is 2.08 bits per heavy atom. The van der Waals surface area contributed by atoms with Crippen molar-refractivity contribution in [2.45, 2.75) is 26.4 Å². The van der Waals surface area contributed by atoms with Gasteiger partial charge in [-0.3, -0.25) is 9.69 Å². The fraction of sp³-hybridized carbons (Fsp3) is 0.312. The van der Waals surface area contributed by atoms with Crippen molar-refractivity contribution in [3.63, 3.8) is 0 Å². The van der Waals surface area contributed by atoms with Crippen LogP contribution in [0.15, 0.2) is 24.3 Å². The number of primary amides is 1. The maximum Gasteiger partial charge on any atom is 0.326 e. The van der Waals surface area contributed by atoms with Gasteiger partial charge in [-0.1, -0.05) is 23.5 Å². The second-order valence-corrected chi connectivity index (χ2v) is 6.76. The molecule has 1 unspecified atom stereocenters. The molecule has 1 fully saturated rings. The Kier molecular flexibility index (Phi) is 4.23. The molecule has 1 aromatic heterocycles. The molecule has 0 saturated carbocycles. The summed E-state index contributed by atoms with van der Waals surface area (Å²) in [5.41, 5.74) is 6.71. The summed E-state index contributed by atoms with van der Waals surface area (Å²) in [5.74, 6) is -0.850. The van der Waals surface area contributed by atoms with E-state index in [-0.39, 0.29) is 17.9 Å². The van der Waals surface area contributed by atoms with Crippen LogP contribution in [0, 0.1) is 12.7 Å². The molecule has 0 bridgehead atoms. The molecule has 3 amide bonds. The van der Waals surface area contributed by atoms with E-state index in [0.29, 0.717) is 28.8 Å². The molecule has 0 radical (unpaired) electrons. The highest BCUT2D eigenvalue weighted by Gasteiger charge is 2.37. The number of thiazole rings is 1. The summed E-state index contributed by atoms with van der Waals surface area (Å²) in [5, 5.41) is 0.473. The first-order valence-corrected chi connectivity index (χ1v) is 8.28. The maximum atomic E-state index is 13.0. The van der Waals surface area contributed by atoms with Crippen LogP contribution in [0.4, 0.5) is 14.3 Å². The molecule has 2 aromatic rings. The molecule has 1 aromatic carbocycles. The molecule has 3 rings (SSSR count). The third-order valence-corrected chi connectivity index (χ3v) is 5.08. The van der Waals surface area contributed by atoms with Gasteiger partial charge in [-0.05, 0) is 31.5 Å². The topological polar surface area (TPSA) is 79.5 Å². The Balaban J connectivity index is 1.81. The van der Waals surface area contributed by atoms with Crippen molar-refractivity contribution >= 4 is 28.4 Å². The summed E-state index contributed by atoms with van der Waals surface area (Å²) in [6, 6.07) is 5.81. The van der Waals surface area contributed by atoms with Gasteiger partial charge in [-0.15, -0.1) is 0 Å². The highest BCUT2D eigenvalue weighted by Crippen LogP contribution is 2.31. The molecule has 1 atom stereocenters. The predicted molar refractivity (Wildman–Crippen MR) is 89.5 cm³/mol. The number of aryl methyl sites for hydroxylation is 1. The molecule has 2 heterocycles. The fourth-order valence-electron chi connectivity index (χ4n) is 2.75. The van der Waals surface area contributed by atoms with E-state index in [0.717, 1.165) is 16.9 Å². The molecule has 0 aliphatic carbocycles. The molecule has 24 heavy (non-hydrogen) atoms. The highest BCUT2D eigenvalue weighted by molar-refractivity contribution is 7.17. The standard InChI is InChI=1S/C16H17FN4O2S/c1-9-7-20(8-11-3-5-12(17)6-4-11)16(23)21(9)15-19-10(2)13(24-15)14(18)22/h3-6,9H,7-8H2,1-2H3,(H2,18,22). The lowest BCUT2D eigenvalue weighted by molar-refractivity contribution is 0.100. The van der Waals surface area contributed by atoms with Crippen LogP contribution >= 0.6 is 11.3 Å². The van der Waals surface area contributed by atoms with Gasteiger partial charge < -0.3 is 10.6 Å². The zero-order valence-corrected chi connectivity index (χ0v) is 14.1. The van der Waals surface area contributed by atoms with Crippen LogP contribution in [0.1, 0.15) is 27.9 Å². The van der Waals surface area contributed by atoms with E-state index >= 15 is 0 Å². The van der Waals surface area contributed by atoms with Crippen molar-refractivity contribution in [2.24, 2.45) is 5.73 Å². The number of amides is 3. The van der Waals surface area contributed by atoms with Gasteiger partial charge in [0.25, 0.3) is 5.91 Å². The Hall–Kier alpha value is -2.48. The largest absolute Gasteiger partial charge is 0.365 e. The molecule has 6 nitrogen and oxygen atoms in total. The molecule has 0 spiro atoms. The van der Waals surface area contributed by atoms with Crippen molar-refractivity contribution in [2.75, 3.05) is 11.4 Å². The number of carbonyl (C=O) groups is 2. The highest BCUT2D eigenvalue weighted by atomic mass is 32.1. The van der Waals surface area contributed by atoms with Crippen LogP contribution in [0.2, 0.25) is 0 Å². The molecule has 2 N–H and O–H groups in total. The van der Waals surface area contributed by atoms with Gasteiger partial charge in [0.15, 0.2) is 5.13 Å². The monoisotopic (exact) mass is 348 g/mol. The van der Waals surface area contributed by atoms with Crippen molar-refractivity contribution in [1.82, 2.24) is 9.88 Å².